The Morgan fingerprint density at radius 1 is 1.22 bits per heavy atom. The average molecular weight is 411 g/mol. The van der Waals surface area contributed by atoms with Crippen LogP contribution in [-0.2, 0) is 14.8 Å². The number of sulfonamides is 1. The van der Waals surface area contributed by atoms with Gasteiger partial charge in [0.05, 0.1) is 39.0 Å². The average Bonchev–Trinajstić information content (AvgIpc) is 3.23. The maximum atomic E-state index is 12.6. The Kier molecular flexibility index (Phi) is 6.15. The second-order valence-electron chi connectivity index (χ2n) is 6.41. The fourth-order valence-electron chi connectivity index (χ4n) is 3.16. The van der Waals surface area contributed by atoms with Gasteiger partial charge in [0.25, 0.3) is 15.9 Å². The van der Waals surface area contributed by atoms with Crippen molar-refractivity contribution in [3.05, 3.63) is 41.8 Å². The van der Waals surface area contributed by atoms with Crippen molar-refractivity contribution < 1.29 is 22.8 Å². The summed E-state index contributed by atoms with van der Waals surface area (Å²) in [6.07, 6.45) is 0. The van der Waals surface area contributed by atoms with Crippen molar-refractivity contribution in [2.45, 2.75) is 17.2 Å². The molecule has 0 spiro atoms. The van der Waals surface area contributed by atoms with Crippen molar-refractivity contribution in [1.82, 2.24) is 4.31 Å². The van der Waals surface area contributed by atoms with E-state index in [0.717, 1.165) is 4.90 Å². The van der Waals surface area contributed by atoms with Crippen LogP contribution in [0.4, 0.5) is 5.69 Å². The quantitative estimate of drug-likeness (QED) is 0.734. The number of carbonyl (C=O) groups excluding carboxylic acids is 1. The maximum Gasteiger partial charge on any atom is 0.282 e. The number of ether oxygens (including phenoxy) is 1. The zero-order valence-corrected chi connectivity index (χ0v) is 17.0. The molecule has 1 aliphatic rings. The molecule has 146 valence electrons. The standard InChI is InChI=1S/C18H23N3O4S2/c1-14(18(22)19-15-6-3-4-7-16(15)25-2)20-9-11-21(12-10-20)27(23,24)17-8-5-13-26-17/h3-8,13-14H,9-12H2,1-2H3,(H,19,22)/p+1/t14-/m1/s1. The first-order valence-corrected chi connectivity index (χ1v) is 11.1. The summed E-state index contributed by atoms with van der Waals surface area (Å²) in [5.41, 5.74) is 0.634. The highest BCUT2D eigenvalue weighted by Gasteiger charge is 2.34. The number of para-hydroxylation sites is 2. The van der Waals surface area contributed by atoms with E-state index in [2.05, 4.69) is 5.32 Å². The summed E-state index contributed by atoms with van der Waals surface area (Å²) in [6.45, 7) is 3.85. The molecule has 1 saturated heterocycles. The van der Waals surface area contributed by atoms with Crippen LogP contribution in [-0.4, -0.2) is 58.0 Å². The third kappa shape index (κ3) is 4.32. The van der Waals surface area contributed by atoms with E-state index in [1.165, 1.54) is 15.6 Å². The van der Waals surface area contributed by atoms with Crippen molar-refractivity contribution in [2.24, 2.45) is 0 Å². The van der Waals surface area contributed by atoms with Crippen molar-refractivity contribution in [1.29, 1.82) is 0 Å². The van der Waals surface area contributed by atoms with Gasteiger partial charge in [-0.05, 0) is 30.5 Å². The third-order valence-electron chi connectivity index (χ3n) is 4.82. The van der Waals surface area contributed by atoms with Gasteiger partial charge in [-0.25, -0.2) is 8.42 Å². The fourth-order valence-corrected chi connectivity index (χ4v) is 5.74. The molecule has 1 aromatic heterocycles. The van der Waals surface area contributed by atoms with E-state index in [1.54, 1.807) is 36.8 Å². The number of anilines is 1. The third-order valence-corrected chi connectivity index (χ3v) is 8.10. The predicted octanol–water partition coefficient (Wildman–Crippen LogP) is 0.673. The number of quaternary nitrogens is 1. The molecule has 1 aliphatic heterocycles. The highest BCUT2D eigenvalue weighted by atomic mass is 32.2. The minimum atomic E-state index is -3.42. The van der Waals surface area contributed by atoms with Gasteiger partial charge in [0.15, 0.2) is 6.04 Å². The van der Waals surface area contributed by atoms with Gasteiger partial charge in [-0.3, -0.25) is 4.79 Å². The van der Waals surface area contributed by atoms with Crippen LogP contribution in [0.5, 0.6) is 5.75 Å². The van der Waals surface area contributed by atoms with Crippen LogP contribution in [0.15, 0.2) is 46.0 Å². The summed E-state index contributed by atoms with van der Waals surface area (Å²) >= 11 is 1.23. The number of hydrogen-bond acceptors (Lipinski definition) is 5. The van der Waals surface area contributed by atoms with Crippen LogP contribution < -0.4 is 15.0 Å². The first-order valence-electron chi connectivity index (χ1n) is 8.75. The van der Waals surface area contributed by atoms with E-state index in [-0.39, 0.29) is 11.9 Å². The molecule has 0 aliphatic carbocycles. The molecule has 3 rings (SSSR count). The number of methoxy groups -OCH3 is 1. The van der Waals surface area contributed by atoms with Crippen LogP contribution in [0.2, 0.25) is 0 Å². The van der Waals surface area contributed by atoms with Crippen molar-refractivity contribution >= 4 is 33.0 Å². The SMILES string of the molecule is COc1ccccc1NC(=O)[C@@H](C)[NH+]1CCN(S(=O)(=O)c2cccs2)CC1. The van der Waals surface area contributed by atoms with E-state index in [0.29, 0.717) is 41.8 Å². The molecule has 9 heteroatoms. The number of amides is 1. The Balaban J connectivity index is 1.60. The number of nitrogens with one attached hydrogen (secondary N) is 2. The second-order valence-corrected chi connectivity index (χ2v) is 9.52. The molecule has 2 N–H and O–H groups in total. The summed E-state index contributed by atoms with van der Waals surface area (Å²) < 4.78 is 32.3. The molecule has 0 radical (unpaired) electrons. The number of hydrogen-bond donors (Lipinski definition) is 2. The van der Waals surface area contributed by atoms with E-state index >= 15 is 0 Å². The fraction of sp³-hybridized carbons (Fsp3) is 0.389. The van der Waals surface area contributed by atoms with Gasteiger partial charge in [0.1, 0.15) is 9.96 Å². The van der Waals surface area contributed by atoms with Gasteiger partial charge < -0.3 is 15.0 Å². The molecule has 2 aromatic rings. The molecule has 0 bridgehead atoms. The molecule has 0 unspecified atom stereocenters. The number of rotatable bonds is 6. The Labute approximate surface area is 163 Å². The number of carbonyl (C=O) groups is 1. The first-order chi connectivity index (χ1) is 12.9. The summed E-state index contributed by atoms with van der Waals surface area (Å²) in [4.78, 5) is 13.7. The van der Waals surface area contributed by atoms with Gasteiger partial charge in [0, 0.05) is 0 Å². The van der Waals surface area contributed by atoms with Crippen molar-refractivity contribution in [2.75, 3.05) is 38.6 Å². The van der Waals surface area contributed by atoms with Gasteiger partial charge in [-0.2, -0.15) is 4.31 Å². The number of thiophene rings is 1. The minimum absolute atomic E-state index is 0.107. The first kappa shape index (κ1) is 19.8. The molecule has 2 heterocycles. The highest BCUT2D eigenvalue weighted by molar-refractivity contribution is 7.91. The molecule has 1 fully saturated rings. The molecular formula is C18H24N3O4S2+. The smallest absolute Gasteiger partial charge is 0.282 e. The van der Waals surface area contributed by atoms with Crippen molar-refractivity contribution in [3.8, 4) is 5.75 Å². The molecule has 7 nitrogen and oxygen atoms in total. The van der Waals surface area contributed by atoms with Crippen LogP contribution in [0.1, 0.15) is 6.92 Å². The molecule has 1 atom stereocenters. The summed E-state index contributed by atoms with van der Waals surface area (Å²) in [6, 6.07) is 10.3. The van der Waals surface area contributed by atoms with Crippen LogP contribution in [0.25, 0.3) is 0 Å². The molecule has 27 heavy (non-hydrogen) atoms. The number of benzene rings is 1. The number of nitrogens with zero attached hydrogens (tertiary/aromatic N) is 1. The normalized spacial score (nSPS) is 17.4. The van der Waals surface area contributed by atoms with Gasteiger partial charge in [0.2, 0.25) is 0 Å². The Hall–Kier alpha value is -1.94. The topological polar surface area (TPSA) is 80.2 Å². The predicted molar refractivity (Wildman–Crippen MR) is 105 cm³/mol. The molecule has 0 saturated carbocycles. The Bertz CT molecular complexity index is 876. The molecule has 1 amide bonds. The summed E-state index contributed by atoms with van der Waals surface area (Å²) in [7, 11) is -1.86. The maximum absolute atomic E-state index is 12.6. The van der Waals surface area contributed by atoms with Crippen LogP contribution in [0.3, 0.4) is 0 Å². The van der Waals surface area contributed by atoms with E-state index in [1.807, 2.05) is 19.1 Å². The van der Waals surface area contributed by atoms with Crippen LogP contribution >= 0.6 is 11.3 Å². The van der Waals surface area contributed by atoms with E-state index in [4.69, 9.17) is 4.74 Å². The minimum Gasteiger partial charge on any atom is -0.495 e. The molecular weight excluding hydrogens is 386 g/mol. The monoisotopic (exact) mass is 410 g/mol. The Morgan fingerprint density at radius 3 is 2.56 bits per heavy atom. The second kappa shape index (κ2) is 8.39. The zero-order chi connectivity index (χ0) is 19.4. The summed E-state index contributed by atoms with van der Waals surface area (Å²) in [5, 5.41) is 4.67. The van der Waals surface area contributed by atoms with Crippen LogP contribution in [0, 0.1) is 0 Å². The van der Waals surface area contributed by atoms with Gasteiger partial charge in [-0.1, -0.05) is 18.2 Å². The lowest BCUT2D eigenvalue weighted by Crippen LogP contribution is -3.19. The van der Waals surface area contributed by atoms with Gasteiger partial charge in [-0.15, -0.1) is 11.3 Å². The van der Waals surface area contributed by atoms with E-state index < -0.39 is 10.0 Å². The molecule has 1 aromatic carbocycles. The number of piperazine rings is 1. The largest absolute Gasteiger partial charge is 0.495 e. The lowest BCUT2D eigenvalue weighted by Gasteiger charge is -2.34. The lowest BCUT2D eigenvalue weighted by molar-refractivity contribution is -0.917. The highest BCUT2D eigenvalue weighted by Crippen LogP contribution is 2.23. The van der Waals surface area contributed by atoms with Crippen molar-refractivity contribution in [3.63, 3.8) is 0 Å². The van der Waals surface area contributed by atoms with Gasteiger partial charge >= 0.3 is 0 Å². The van der Waals surface area contributed by atoms with E-state index in [9.17, 15) is 13.2 Å². The zero-order valence-electron chi connectivity index (χ0n) is 15.3. The lowest BCUT2D eigenvalue weighted by atomic mass is 10.2. The Morgan fingerprint density at radius 2 is 1.93 bits per heavy atom. The summed E-state index contributed by atoms with van der Waals surface area (Å²) in [5.74, 6) is 0.504.